The van der Waals surface area contributed by atoms with Gasteiger partial charge < -0.3 is 14.8 Å². The molecule has 9 rings (SSSR count). The molecule has 7 atom stereocenters. The highest BCUT2D eigenvalue weighted by atomic mass is 32.2. The molecule has 7 unspecified atom stereocenters. The SMILES string of the molecule is COc1ccc(C2c3sc(=O)n(CC(=O)Nc4cccc5ccccc45)c3SC3C4CC(C5C(=O)N(c6ccc(F)cc6)C(=O)C45)C23)cc1OC. The van der Waals surface area contributed by atoms with E-state index in [1.54, 1.807) is 30.5 Å². The fourth-order valence-corrected chi connectivity index (χ4v) is 12.3. The van der Waals surface area contributed by atoms with Crippen LogP contribution in [-0.2, 0) is 20.9 Å². The Hall–Kier alpha value is -4.94. The number of ether oxygens (including phenoxy) is 2. The summed E-state index contributed by atoms with van der Waals surface area (Å²) in [5.41, 5.74) is 1.95. The molecule has 3 fully saturated rings. The van der Waals surface area contributed by atoms with Crippen LogP contribution < -0.4 is 24.6 Å². The number of nitrogens with zero attached hydrogens (tertiary/aromatic N) is 2. The maximum absolute atomic E-state index is 14.1. The fourth-order valence-electron chi connectivity index (χ4n) is 9.19. The average Bonchev–Trinajstić information content (AvgIpc) is 3.86. The molecule has 5 aromatic rings. The summed E-state index contributed by atoms with van der Waals surface area (Å²) in [6.07, 6.45) is 0.705. The second kappa shape index (κ2) is 12.1. The molecule has 3 amide bonds. The number of hydrogen-bond donors (Lipinski definition) is 1. The van der Waals surface area contributed by atoms with Crippen molar-refractivity contribution in [2.24, 2.45) is 29.6 Å². The van der Waals surface area contributed by atoms with Crippen LogP contribution in [0.5, 0.6) is 11.5 Å². The van der Waals surface area contributed by atoms with Gasteiger partial charge >= 0.3 is 4.87 Å². The highest BCUT2D eigenvalue weighted by Crippen LogP contribution is 2.69. The molecule has 1 saturated heterocycles. The zero-order chi connectivity index (χ0) is 35.1. The maximum Gasteiger partial charge on any atom is 0.308 e. The molecule has 51 heavy (non-hydrogen) atoms. The van der Waals surface area contributed by atoms with Gasteiger partial charge in [-0.3, -0.25) is 28.6 Å². The van der Waals surface area contributed by atoms with Crippen LogP contribution in [0, 0.1) is 35.4 Å². The Balaban J connectivity index is 1.11. The molecule has 0 spiro atoms. The van der Waals surface area contributed by atoms with Gasteiger partial charge in [-0.15, -0.1) is 11.8 Å². The lowest BCUT2D eigenvalue weighted by Gasteiger charge is -2.43. The lowest BCUT2D eigenvalue weighted by Crippen LogP contribution is -2.43. The fraction of sp³-hybridized carbons (Fsp3) is 0.282. The minimum absolute atomic E-state index is 0.0622. The van der Waals surface area contributed by atoms with E-state index in [0.29, 0.717) is 29.3 Å². The summed E-state index contributed by atoms with van der Waals surface area (Å²) in [6.45, 7) is -0.174. The van der Waals surface area contributed by atoms with Crippen molar-refractivity contribution < 1.29 is 28.2 Å². The van der Waals surface area contributed by atoms with Crippen molar-refractivity contribution in [3.63, 3.8) is 0 Å². The minimum Gasteiger partial charge on any atom is -0.493 e. The number of anilines is 2. The van der Waals surface area contributed by atoms with Crippen LogP contribution in [0.25, 0.3) is 10.8 Å². The van der Waals surface area contributed by atoms with Crippen molar-refractivity contribution in [3.05, 3.63) is 111 Å². The van der Waals surface area contributed by atoms with E-state index in [1.807, 2.05) is 60.7 Å². The Morgan fingerprint density at radius 2 is 1.61 bits per heavy atom. The van der Waals surface area contributed by atoms with Crippen LogP contribution in [0.2, 0.25) is 0 Å². The number of hydrogen-bond acceptors (Lipinski definition) is 8. The molecule has 0 radical (unpaired) electrons. The zero-order valence-electron chi connectivity index (χ0n) is 27.6. The predicted octanol–water partition coefficient (Wildman–Crippen LogP) is 6.54. The minimum atomic E-state index is -0.512. The van der Waals surface area contributed by atoms with Gasteiger partial charge in [0, 0.05) is 27.1 Å². The van der Waals surface area contributed by atoms with E-state index in [1.165, 1.54) is 29.2 Å². The molecular formula is C39H32FN3O6S2. The summed E-state index contributed by atoms with van der Waals surface area (Å²) >= 11 is 2.69. The van der Waals surface area contributed by atoms with Gasteiger partial charge in [0.1, 0.15) is 12.4 Å². The molecule has 9 nitrogen and oxygen atoms in total. The lowest BCUT2D eigenvalue weighted by molar-refractivity contribution is -0.123. The second-order valence-corrected chi connectivity index (χ2v) is 15.7. The van der Waals surface area contributed by atoms with Gasteiger partial charge in [-0.2, -0.15) is 0 Å². The van der Waals surface area contributed by atoms with Crippen LogP contribution in [0.4, 0.5) is 15.8 Å². The van der Waals surface area contributed by atoms with Crippen LogP contribution in [0.1, 0.15) is 22.8 Å². The van der Waals surface area contributed by atoms with Crippen LogP contribution >= 0.6 is 23.1 Å². The van der Waals surface area contributed by atoms with E-state index < -0.39 is 17.7 Å². The smallest absolute Gasteiger partial charge is 0.308 e. The average molecular weight is 722 g/mol. The number of aromatic nitrogens is 1. The van der Waals surface area contributed by atoms with Crippen molar-refractivity contribution in [1.29, 1.82) is 0 Å². The molecule has 2 aliphatic carbocycles. The van der Waals surface area contributed by atoms with Crippen molar-refractivity contribution in [1.82, 2.24) is 4.57 Å². The normalized spacial score (nSPS) is 25.9. The number of halogens is 1. The van der Waals surface area contributed by atoms with E-state index in [2.05, 4.69) is 5.32 Å². The topological polar surface area (TPSA) is 107 Å². The number of imide groups is 1. The van der Waals surface area contributed by atoms with E-state index in [-0.39, 0.29) is 58.1 Å². The summed E-state index contributed by atoms with van der Waals surface area (Å²) < 4.78 is 26.6. The number of rotatable bonds is 7. The van der Waals surface area contributed by atoms with Crippen LogP contribution in [-0.4, -0.2) is 41.8 Å². The van der Waals surface area contributed by atoms with Crippen molar-refractivity contribution in [2.45, 2.75) is 29.2 Å². The first-order valence-electron chi connectivity index (χ1n) is 16.8. The third kappa shape index (κ3) is 4.86. The lowest BCUT2D eigenvalue weighted by atomic mass is 9.68. The quantitative estimate of drug-likeness (QED) is 0.191. The molecule has 2 bridgehead atoms. The Bertz CT molecular complexity index is 2320. The van der Waals surface area contributed by atoms with Gasteiger partial charge in [0.2, 0.25) is 17.7 Å². The van der Waals surface area contributed by atoms with E-state index in [4.69, 9.17) is 9.47 Å². The molecular weight excluding hydrogens is 690 g/mol. The van der Waals surface area contributed by atoms with Gasteiger partial charge in [0.05, 0.1) is 36.8 Å². The van der Waals surface area contributed by atoms with Crippen molar-refractivity contribution in [2.75, 3.05) is 24.4 Å². The number of thiazole rings is 1. The molecule has 2 saturated carbocycles. The van der Waals surface area contributed by atoms with Gasteiger partial charge in [-0.25, -0.2) is 4.39 Å². The maximum atomic E-state index is 14.1. The van der Waals surface area contributed by atoms with Gasteiger partial charge in [-0.05, 0) is 77.6 Å². The third-order valence-electron chi connectivity index (χ3n) is 11.2. The number of benzene rings is 4. The monoisotopic (exact) mass is 721 g/mol. The Labute approximate surface area is 300 Å². The number of nitrogens with one attached hydrogen (secondary N) is 1. The Kier molecular flexibility index (Phi) is 7.59. The summed E-state index contributed by atoms with van der Waals surface area (Å²) in [5.74, 6) is -1.77. The molecule has 1 N–H and O–H groups in total. The summed E-state index contributed by atoms with van der Waals surface area (Å²) in [4.78, 5) is 57.4. The number of thioether (sulfide) groups is 1. The molecule has 4 aromatic carbocycles. The Morgan fingerprint density at radius 1 is 0.882 bits per heavy atom. The summed E-state index contributed by atoms with van der Waals surface area (Å²) in [7, 11) is 3.15. The highest BCUT2D eigenvalue weighted by Gasteiger charge is 2.70. The zero-order valence-corrected chi connectivity index (χ0v) is 29.2. The first-order chi connectivity index (χ1) is 24.8. The summed E-state index contributed by atoms with van der Waals surface area (Å²) in [5, 5.41) is 5.55. The highest BCUT2D eigenvalue weighted by molar-refractivity contribution is 8.00. The largest absolute Gasteiger partial charge is 0.493 e. The molecule has 2 aliphatic heterocycles. The van der Waals surface area contributed by atoms with Crippen LogP contribution in [0.3, 0.4) is 0 Å². The third-order valence-corrected chi connectivity index (χ3v) is 14.0. The van der Waals surface area contributed by atoms with Crippen molar-refractivity contribution in [3.8, 4) is 11.5 Å². The Morgan fingerprint density at radius 3 is 2.37 bits per heavy atom. The number of methoxy groups -OCH3 is 2. The second-order valence-electron chi connectivity index (χ2n) is 13.6. The van der Waals surface area contributed by atoms with E-state index in [9.17, 15) is 23.6 Å². The van der Waals surface area contributed by atoms with Crippen molar-refractivity contribution >= 4 is 63.0 Å². The van der Waals surface area contributed by atoms with E-state index >= 15 is 0 Å². The van der Waals surface area contributed by atoms with Crippen LogP contribution in [0.15, 0.2) is 94.7 Å². The first-order valence-corrected chi connectivity index (χ1v) is 18.5. The van der Waals surface area contributed by atoms with Gasteiger partial charge in [0.25, 0.3) is 0 Å². The van der Waals surface area contributed by atoms with Gasteiger partial charge in [-0.1, -0.05) is 53.8 Å². The van der Waals surface area contributed by atoms with Gasteiger partial charge in [0.15, 0.2) is 11.5 Å². The number of carbonyl (C=O) groups is 3. The molecule has 3 heterocycles. The first kappa shape index (κ1) is 32.0. The molecule has 12 heteroatoms. The standard InChI is InChI=1S/C39H32FN3O6S2/c1-48-27-15-10-20(16-28(27)49-2)30-31-24-17-25(33-32(24)36(45)43(37(33)46)22-13-11-21(40)12-14-22)34(31)50-38-35(30)51-39(47)42(38)18-29(44)41-26-9-5-7-19-6-3-4-8-23(19)26/h3-16,24-25,30-34H,17-18H2,1-2H3,(H,41,44). The summed E-state index contributed by atoms with van der Waals surface area (Å²) in [6, 6.07) is 24.7. The molecule has 4 aliphatic rings. The molecule has 1 aromatic heterocycles. The number of amides is 3. The predicted molar refractivity (Wildman–Crippen MR) is 193 cm³/mol. The number of fused-ring (bicyclic) bond motifs is 10. The molecule has 258 valence electrons. The number of carbonyl (C=O) groups excluding carboxylic acids is 3. The van der Waals surface area contributed by atoms with E-state index in [0.717, 1.165) is 37.6 Å².